The van der Waals surface area contributed by atoms with E-state index in [4.69, 9.17) is 9.73 Å². The molecule has 0 unspecified atom stereocenters. The first-order valence-electron chi connectivity index (χ1n) is 9.39. The van der Waals surface area contributed by atoms with Crippen molar-refractivity contribution in [3.63, 3.8) is 0 Å². The van der Waals surface area contributed by atoms with E-state index in [9.17, 15) is 4.79 Å². The van der Waals surface area contributed by atoms with Crippen molar-refractivity contribution in [3.05, 3.63) is 101 Å². The van der Waals surface area contributed by atoms with Gasteiger partial charge in [-0.25, -0.2) is 4.99 Å². The predicted octanol–water partition coefficient (Wildman–Crippen LogP) is 6.11. The lowest BCUT2D eigenvalue weighted by atomic mass is 10.1. The van der Waals surface area contributed by atoms with E-state index in [2.05, 4.69) is 0 Å². The number of thiazole rings is 1. The average Bonchev–Trinajstić information content (AvgIpc) is 3.19. The molecule has 3 aromatic carbocycles. The van der Waals surface area contributed by atoms with E-state index in [1.54, 1.807) is 4.57 Å². The highest BCUT2D eigenvalue weighted by Crippen LogP contribution is 2.24. The first kappa shape index (κ1) is 21.7. The minimum Gasteiger partial charge on any atom is -0.494 e. The summed E-state index contributed by atoms with van der Waals surface area (Å²) in [6.45, 7) is 2.57. The lowest BCUT2D eigenvalue weighted by Gasteiger charge is -2.09. The molecule has 4 aromatic rings. The molecule has 0 aliphatic carbocycles. The molecule has 1 aromatic heterocycles. The molecule has 4 nitrogen and oxygen atoms in total. The Bertz CT molecular complexity index is 1170. The van der Waals surface area contributed by atoms with Gasteiger partial charge in [-0.3, -0.25) is 9.36 Å². The van der Waals surface area contributed by atoms with Crippen molar-refractivity contribution in [2.75, 3.05) is 6.61 Å². The fourth-order valence-corrected chi connectivity index (χ4v) is 3.90. The number of halogens is 1. The zero-order chi connectivity index (χ0) is 20.1. The van der Waals surface area contributed by atoms with E-state index in [-0.39, 0.29) is 22.9 Å². The van der Waals surface area contributed by atoms with Gasteiger partial charge in [-0.1, -0.05) is 36.4 Å². The second-order valence-electron chi connectivity index (χ2n) is 6.31. The van der Waals surface area contributed by atoms with Crippen molar-refractivity contribution < 1.29 is 9.53 Å². The SMILES string of the molecule is Br.CCOc1ccc(-c2csc(=Nc3ccccc3)n2C(=O)c2ccccc2)cc1. The summed E-state index contributed by atoms with van der Waals surface area (Å²) in [6.07, 6.45) is 0. The summed E-state index contributed by atoms with van der Waals surface area (Å²) in [5.41, 5.74) is 3.17. The quantitative estimate of drug-likeness (QED) is 0.345. The minimum absolute atomic E-state index is 0. The van der Waals surface area contributed by atoms with Crippen LogP contribution in [0.5, 0.6) is 5.75 Å². The van der Waals surface area contributed by atoms with E-state index in [1.807, 2.05) is 97.2 Å². The number of carbonyl (C=O) groups excluding carboxylic acids is 1. The molecule has 0 saturated carbocycles. The van der Waals surface area contributed by atoms with Gasteiger partial charge in [0.15, 0.2) is 4.80 Å². The Balaban J connectivity index is 0.00000256. The highest BCUT2D eigenvalue weighted by molar-refractivity contribution is 8.93. The summed E-state index contributed by atoms with van der Waals surface area (Å²) in [5, 5.41) is 1.97. The van der Waals surface area contributed by atoms with Crippen LogP contribution >= 0.6 is 28.3 Å². The normalized spacial score (nSPS) is 11.0. The zero-order valence-electron chi connectivity index (χ0n) is 16.4. The molecule has 4 rings (SSSR count). The van der Waals surface area contributed by atoms with Crippen LogP contribution < -0.4 is 9.54 Å². The van der Waals surface area contributed by atoms with Crippen LogP contribution in [0.2, 0.25) is 0 Å². The van der Waals surface area contributed by atoms with Crippen LogP contribution in [0.1, 0.15) is 17.3 Å². The van der Waals surface area contributed by atoms with Gasteiger partial charge in [0.1, 0.15) is 5.75 Å². The van der Waals surface area contributed by atoms with Gasteiger partial charge >= 0.3 is 0 Å². The van der Waals surface area contributed by atoms with Gasteiger partial charge in [0.25, 0.3) is 5.91 Å². The minimum atomic E-state index is -0.106. The van der Waals surface area contributed by atoms with Gasteiger partial charge in [0.2, 0.25) is 0 Å². The summed E-state index contributed by atoms with van der Waals surface area (Å²) in [5.74, 6) is 0.701. The fourth-order valence-electron chi connectivity index (χ4n) is 3.00. The second-order valence-corrected chi connectivity index (χ2v) is 7.15. The molecular weight excluding hydrogens is 460 g/mol. The van der Waals surface area contributed by atoms with Crippen molar-refractivity contribution in [2.45, 2.75) is 6.92 Å². The Morgan fingerprint density at radius 2 is 1.57 bits per heavy atom. The number of nitrogens with zero attached hydrogens (tertiary/aromatic N) is 2. The van der Waals surface area contributed by atoms with E-state index in [1.165, 1.54) is 11.3 Å². The Kier molecular flexibility index (Phi) is 7.38. The second kappa shape index (κ2) is 10.2. The third kappa shape index (κ3) is 4.78. The van der Waals surface area contributed by atoms with Crippen molar-refractivity contribution >= 4 is 39.9 Å². The standard InChI is InChI=1S/C24H20N2O2S.BrH/c1-2-28-21-15-13-18(14-16-21)22-17-29-24(25-20-11-7-4-8-12-20)26(22)23(27)19-9-5-3-6-10-19;/h3-17H,2H2,1H3;1H. The number of rotatable bonds is 5. The fraction of sp³-hybridized carbons (Fsp3) is 0.0833. The van der Waals surface area contributed by atoms with Gasteiger partial charge in [0, 0.05) is 10.9 Å². The molecule has 0 spiro atoms. The molecule has 0 amide bonds. The van der Waals surface area contributed by atoms with Gasteiger partial charge in [-0.15, -0.1) is 28.3 Å². The zero-order valence-corrected chi connectivity index (χ0v) is 18.9. The van der Waals surface area contributed by atoms with Gasteiger partial charge in [0.05, 0.1) is 18.0 Å². The topological polar surface area (TPSA) is 43.6 Å². The van der Waals surface area contributed by atoms with Crippen molar-refractivity contribution in [1.29, 1.82) is 0 Å². The molecule has 152 valence electrons. The smallest absolute Gasteiger partial charge is 0.264 e. The molecule has 30 heavy (non-hydrogen) atoms. The number of hydrogen-bond donors (Lipinski definition) is 0. The van der Waals surface area contributed by atoms with Crippen LogP contribution in [-0.4, -0.2) is 17.1 Å². The number of ether oxygens (including phenoxy) is 1. The van der Waals surface area contributed by atoms with E-state index in [0.717, 1.165) is 22.7 Å². The third-order valence-electron chi connectivity index (χ3n) is 4.37. The number of benzene rings is 3. The van der Waals surface area contributed by atoms with Crippen LogP contribution in [-0.2, 0) is 0 Å². The lowest BCUT2D eigenvalue weighted by molar-refractivity contribution is 0.0959. The average molecular weight is 481 g/mol. The molecule has 0 N–H and O–H groups in total. The van der Waals surface area contributed by atoms with E-state index < -0.39 is 0 Å². The number of hydrogen-bond acceptors (Lipinski definition) is 4. The van der Waals surface area contributed by atoms with Crippen LogP contribution in [0.15, 0.2) is 95.3 Å². The van der Waals surface area contributed by atoms with Gasteiger partial charge in [-0.2, -0.15) is 0 Å². The number of para-hydroxylation sites is 1. The molecular formula is C24H21BrN2O2S. The van der Waals surface area contributed by atoms with Crippen LogP contribution in [0.3, 0.4) is 0 Å². The number of aromatic nitrogens is 1. The molecule has 0 aliphatic rings. The maximum absolute atomic E-state index is 13.4. The molecule has 0 aliphatic heterocycles. The Labute approximate surface area is 189 Å². The van der Waals surface area contributed by atoms with Crippen molar-refractivity contribution in [2.24, 2.45) is 4.99 Å². The third-order valence-corrected chi connectivity index (χ3v) is 5.20. The summed E-state index contributed by atoms with van der Waals surface area (Å²) in [4.78, 5) is 18.7. The van der Waals surface area contributed by atoms with Crippen LogP contribution in [0.4, 0.5) is 5.69 Å². The van der Waals surface area contributed by atoms with Crippen molar-refractivity contribution in [1.82, 2.24) is 4.57 Å². The molecule has 0 fully saturated rings. The summed E-state index contributed by atoms with van der Waals surface area (Å²) >= 11 is 1.45. The van der Waals surface area contributed by atoms with E-state index >= 15 is 0 Å². The monoisotopic (exact) mass is 480 g/mol. The highest BCUT2D eigenvalue weighted by Gasteiger charge is 2.16. The highest BCUT2D eigenvalue weighted by atomic mass is 79.9. The van der Waals surface area contributed by atoms with Gasteiger partial charge < -0.3 is 4.74 Å². The Hall–Kier alpha value is -2.96. The summed E-state index contributed by atoms with van der Waals surface area (Å²) < 4.78 is 7.22. The lowest BCUT2D eigenvalue weighted by Crippen LogP contribution is -2.24. The maximum atomic E-state index is 13.4. The molecule has 1 heterocycles. The van der Waals surface area contributed by atoms with Crippen LogP contribution in [0.25, 0.3) is 11.3 Å². The maximum Gasteiger partial charge on any atom is 0.264 e. The first-order valence-corrected chi connectivity index (χ1v) is 10.3. The largest absolute Gasteiger partial charge is 0.494 e. The Morgan fingerprint density at radius 3 is 2.20 bits per heavy atom. The predicted molar refractivity (Wildman–Crippen MR) is 127 cm³/mol. The molecule has 0 radical (unpaired) electrons. The molecule has 0 saturated heterocycles. The molecule has 0 atom stereocenters. The van der Waals surface area contributed by atoms with Gasteiger partial charge in [-0.05, 0) is 61.0 Å². The summed E-state index contributed by atoms with van der Waals surface area (Å²) in [7, 11) is 0. The molecule has 6 heteroatoms. The number of carbonyl (C=O) groups is 1. The van der Waals surface area contributed by atoms with Crippen molar-refractivity contribution in [3.8, 4) is 17.0 Å². The summed E-state index contributed by atoms with van der Waals surface area (Å²) in [6, 6.07) is 26.7. The first-order chi connectivity index (χ1) is 14.3. The van der Waals surface area contributed by atoms with Crippen LogP contribution in [0, 0.1) is 0 Å². The Morgan fingerprint density at radius 1 is 0.933 bits per heavy atom. The molecule has 0 bridgehead atoms. The van der Waals surface area contributed by atoms with E-state index in [0.29, 0.717) is 17.0 Å².